The Morgan fingerprint density at radius 1 is 1.13 bits per heavy atom. The van der Waals surface area contributed by atoms with Crippen LogP contribution in [0.5, 0.6) is 5.75 Å². The largest absolute Gasteiger partial charge is 0.497 e. The number of hydrogen-bond donors (Lipinski definition) is 2. The minimum absolute atomic E-state index is 0. The van der Waals surface area contributed by atoms with Crippen molar-refractivity contribution in [3.63, 3.8) is 0 Å². The molecule has 0 spiro atoms. The van der Waals surface area contributed by atoms with Crippen LogP contribution in [0.25, 0.3) is 0 Å². The molecular formula is C16H28IN3O3. The van der Waals surface area contributed by atoms with Crippen molar-refractivity contribution in [3.05, 3.63) is 29.8 Å². The lowest BCUT2D eigenvalue weighted by atomic mass is 10.2. The molecule has 0 aliphatic heterocycles. The van der Waals surface area contributed by atoms with Crippen LogP contribution in [0, 0.1) is 0 Å². The van der Waals surface area contributed by atoms with Crippen molar-refractivity contribution in [2.24, 2.45) is 4.99 Å². The Bertz CT molecular complexity index is 444. The molecule has 132 valence electrons. The Hall–Kier alpha value is -1.06. The van der Waals surface area contributed by atoms with Crippen LogP contribution in [0.4, 0.5) is 0 Å². The van der Waals surface area contributed by atoms with E-state index in [1.807, 2.05) is 24.3 Å². The van der Waals surface area contributed by atoms with Gasteiger partial charge in [-0.2, -0.15) is 0 Å². The summed E-state index contributed by atoms with van der Waals surface area (Å²) >= 11 is 0. The van der Waals surface area contributed by atoms with E-state index in [-0.39, 0.29) is 24.0 Å². The molecule has 7 heteroatoms. The van der Waals surface area contributed by atoms with Crippen LogP contribution in [0.2, 0.25) is 0 Å². The second kappa shape index (κ2) is 14.5. The van der Waals surface area contributed by atoms with E-state index in [0.717, 1.165) is 30.2 Å². The molecule has 0 heterocycles. The fourth-order valence-electron chi connectivity index (χ4n) is 1.81. The van der Waals surface area contributed by atoms with Crippen molar-refractivity contribution in [2.45, 2.75) is 13.0 Å². The number of methoxy groups -OCH3 is 2. The van der Waals surface area contributed by atoms with Gasteiger partial charge in [0.1, 0.15) is 5.75 Å². The highest BCUT2D eigenvalue weighted by Gasteiger charge is 1.99. The van der Waals surface area contributed by atoms with Crippen LogP contribution in [-0.4, -0.2) is 53.6 Å². The Labute approximate surface area is 156 Å². The molecule has 0 amide bonds. The molecule has 2 N–H and O–H groups in total. The fraction of sp³-hybridized carbons (Fsp3) is 0.562. The maximum absolute atomic E-state index is 5.41. The molecule has 0 saturated heterocycles. The first-order chi connectivity index (χ1) is 10.8. The molecule has 0 aliphatic carbocycles. The van der Waals surface area contributed by atoms with E-state index in [4.69, 9.17) is 14.2 Å². The first-order valence-corrected chi connectivity index (χ1v) is 7.44. The predicted octanol–water partition coefficient (Wildman–Crippen LogP) is 2.03. The zero-order chi connectivity index (χ0) is 16.0. The summed E-state index contributed by atoms with van der Waals surface area (Å²) in [6.07, 6.45) is 0.920. The number of rotatable bonds is 10. The summed E-state index contributed by atoms with van der Waals surface area (Å²) in [6.45, 7) is 3.49. The van der Waals surface area contributed by atoms with Gasteiger partial charge >= 0.3 is 0 Å². The monoisotopic (exact) mass is 437 g/mol. The summed E-state index contributed by atoms with van der Waals surface area (Å²) in [4.78, 5) is 4.20. The van der Waals surface area contributed by atoms with Gasteiger partial charge in [-0.15, -0.1) is 24.0 Å². The zero-order valence-corrected chi connectivity index (χ0v) is 16.5. The van der Waals surface area contributed by atoms with Gasteiger partial charge in [0.25, 0.3) is 0 Å². The van der Waals surface area contributed by atoms with Crippen molar-refractivity contribution < 1.29 is 14.2 Å². The van der Waals surface area contributed by atoms with Crippen LogP contribution in [0.1, 0.15) is 12.0 Å². The molecule has 0 aromatic heterocycles. The van der Waals surface area contributed by atoms with Gasteiger partial charge < -0.3 is 24.8 Å². The third kappa shape index (κ3) is 10.4. The molecule has 0 bridgehead atoms. The highest BCUT2D eigenvalue weighted by Crippen LogP contribution is 2.11. The fourth-order valence-corrected chi connectivity index (χ4v) is 1.81. The smallest absolute Gasteiger partial charge is 0.191 e. The standard InChI is InChI=1S/C16H27N3O3.HI/c1-17-16(18-8-5-9-22-11-10-20-2)19-13-14-6-4-7-15(12-14)21-3;/h4,6-7,12H,5,8-11,13H2,1-3H3,(H2,17,18,19);1H. The number of halogens is 1. The Morgan fingerprint density at radius 3 is 2.65 bits per heavy atom. The number of hydrogen-bond acceptors (Lipinski definition) is 4. The number of guanidine groups is 1. The molecule has 0 atom stereocenters. The Balaban J connectivity index is 0.00000484. The van der Waals surface area contributed by atoms with Crippen molar-refractivity contribution in [1.82, 2.24) is 10.6 Å². The van der Waals surface area contributed by atoms with Gasteiger partial charge in [0.2, 0.25) is 0 Å². The molecule has 0 saturated carbocycles. The summed E-state index contributed by atoms with van der Waals surface area (Å²) in [7, 11) is 5.10. The lowest BCUT2D eigenvalue weighted by molar-refractivity contribution is 0.0698. The second-order valence-electron chi connectivity index (χ2n) is 4.66. The number of nitrogens with one attached hydrogen (secondary N) is 2. The molecule has 23 heavy (non-hydrogen) atoms. The topological polar surface area (TPSA) is 64.1 Å². The van der Waals surface area contributed by atoms with Crippen LogP contribution >= 0.6 is 24.0 Å². The summed E-state index contributed by atoms with van der Waals surface area (Å²) in [6, 6.07) is 7.96. The highest BCUT2D eigenvalue weighted by atomic mass is 127. The van der Waals surface area contributed by atoms with E-state index in [1.165, 1.54) is 0 Å². The van der Waals surface area contributed by atoms with E-state index in [0.29, 0.717) is 26.4 Å². The first-order valence-electron chi connectivity index (χ1n) is 7.44. The molecule has 1 aromatic rings. The average Bonchev–Trinajstić information content (AvgIpc) is 2.57. The summed E-state index contributed by atoms with van der Waals surface area (Å²) in [5.41, 5.74) is 1.14. The average molecular weight is 437 g/mol. The summed E-state index contributed by atoms with van der Waals surface area (Å²) in [5.74, 6) is 1.63. The van der Waals surface area contributed by atoms with Gasteiger partial charge in [0.15, 0.2) is 5.96 Å². The molecule has 6 nitrogen and oxygen atoms in total. The van der Waals surface area contributed by atoms with Gasteiger partial charge in [-0.25, -0.2) is 0 Å². The Kier molecular flexibility index (Phi) is 13.9. The molecule has 0 aliphatic rings. The molecule has 0 fully saturated rings. The van der Waals surface area contributed by atoms with Gasteiger partial charge in [-0.1, -0.05) is 12.1 Å². The maximum Gasteiger partial charge on any atom is 0.191 e. The van der Waals surface area contributed by atoms with Gasteiger partial charge in [0, 0.05) is 33.9 Å². The quantitative estimate of drug-likeness (QED) is 0.254. The van der Waals surface area contributed by atoms with Crippen LogP contribution in [0.3, 0.4) is 0 Å². The van der Waals surface area contributed by atoms with E-state index in [9.17, 15) is 0 Å². The molecule has 1 aromatic carbocycles. The van der Waals surface area contributed by atoms with E-state index < -0.39 is 0 Å². The van der Waals surface area contributed by atoms with Gasteiger partial charge in [0.05, 0.1) is 20.3 Å². The number of aliphatic imine (C=N–C) groups is 1. The number of ether oxygens (including phenoxy) is 3. The third-order valence-corrected chi connectivity index (χ3v) is 3.01. The first kappa shape index (κ1) is 21.9. The minimum Gasteiger partial charge on any atom is -0.497 e. The molecule has 0 unspecified atom stereocenters. The zero-order valence-electron chi connectivity index (χ0n) is 14.1. The van der Waals surface area contributed by atoms with Crippen molar-refractivity contribution in [1.29, 1.82) is 0 Å². The lowest BCUT2D eigenvalue weighted by Gasteiger charge is -2.12. The minimum atomic E-state index is 0. The number of benzene rings is 1. The molecule has 1 rings (SSSR count). The summed E-state index contributed by atoms with van der Waals surface area (Å²) < 4.78 is 15.5. The highest BCUT2D eigenvalue weighted by molar-refractivity contribution is 14.0. The van der Waals surface area contributed by atoms with Crippen molar-refractivity contribution >= 4 is 29.9 Å². The molecular weight excluding hydrogens is 409 g/mol. The van der Waals surface area contributed by atoms with Crippen LogP contribution < -0.4 is 15.4 Å². The van der Waals surface area contributed by atoms with Crippen molar-refractivity contribution in [2.75, 3.05) is 47.6 Å². The van der Waals surface area contributed by atoms with E-state index in [1.54, 1.807) is 21.3 Å². The second-order valence-corrected chi connectivity index (χ2v) is 4.66. The SMILES string of the molecule is CN=C(NCCCOCCOC)NCc1cccc(OC)c1.I. The predicted molar refractivity (Wildman–Crippen MR) is 104 cm³/mol. The van der Waals surface area contributed by atoms with Crippen molar-refractivity contribution in [3.8, 4) is 5.75 Å². The van der Waals surface area contributed by atoms with E-state index in [2.05, 4.69) is 15.6 Å². The molecule has 0 radical (unpaired) electrons. The van der Waals surface area contributed by atoms with Gasteiger partial charge in [-0.05, 0) is 24.1 Å². The maximum atomic E-state index is 5.41. The van der Waals surface area contributed by atoms with Crippen LogP contribution in [-0.2, 0) is 16.0 Å². The van der Waals surface area contributed by atoms with Crippen LogP contribution in [0.15, 0.2) is 29.3 Å². The van der Waals surface area contributed by atoms with E-state index >= 15 is 0 Å². The van der Waals surface area contributed by atoms with Gasteiger partial charge in [-0.3, -0.25) is 4.99 Å². The summed E-state index contributed by atoms with van der Waals surface area (Å²) in [5, 5.41) is 6.53. The Morgan fingerprint density at radius 2 is 1.96 bits per heavy atom. The lowest BCUT2D eigenvalue weighted by Crippen LogP contribution is -2.37. The number of nitrogens with zero attached hydrogens (tertiary/aromatic N) is 1. The third-order valence-electron chi connectivity index (χ3n) is 3.01. The normalized spacial score (nSPS) is 10.8.